The first-order valence-electron chi connectivity index (χ1n) is 2.83. The van der Waals surface area contributed by atoms with E-state index >= 15 is 0 Å². The van der Waals surface area contributed by atoms with Crippen molar-refractivity contribution in [1.82, 2.24) is 0 Å². The summed E-state index contributed by atoms with van der Waals surface area (Å²) in [7, 11) is -0.273. The molecule has 1 heteroatoms. The van der Waals surface area contributed by atoms with E-state index in [9.17, 15) is 0 Å². The summed E-state index contributed by atoms with van der Waals surface area (Å²) in [6, 6.07) is 0. The largest absolute Gasteiger partial charge is 0.246 e. The summed E-state index contributed by atoms with van der Waals surface area (Å²) in [5, 5.41) is 0. The van der Waals surface area contributed by atoms with Crippen LogP contribution in [0.4, 0.5) is 0 Å². The Hall–Kier alpha value is 0.0900. The van der Waals surface area contributed by atoms with Gasteiger partial charge in [0.05, 0.1) is 0 Å². The highest BCUT2D eigenvalue weighted by atomic mass is 32.3. The molecule has 0 radical (unpaired) electrons. The molecule has 0 aromatic rings. The summed E-state index contributed by atoms with van der Waals surface area (Å²) in [4.78, 5) is 0. The molecule has 0 unspecified atom stereocenters. The predicted molar refractivity (Wildman–Crippen MR) is 45.0 cm³/mol. The zero-order valence-corrected chi connectivity index (χ0v) is 7.09. The Morgan fingerprint density at radius 1 is 1.25 bits per heavy atom. The molecule has 0 nitrogen and oxygen atoms in total. The van der Waals surface area contributed by atoms with Gasteiger partial charge in [-0.2, -0.15) is 0 Å². The van der Waals surface area contributed by atoms with Crippen LogP contribution in [0.1, 0.15) is 6.92 Å². The molecule has 0 heterocycles. The first-order chi connectivity index (χ1) is 3.56. The second kappa shape index (κ2) is 3.18. The topological polar surface area (TPSA) is 0 Å². The van der Waals surface area contributed by atoms with Gasteiger partial charge < -0.3 is 0 Å². The van der Waals surface area contributed by atoms with Gasteiger partial charge >= 0.3 is 0 Å². The van der Waals surface area contributed by atoms with Crippen LogP contribution in [0, 0.1) is 0 Å². The van der Waals surface area contributed by atoms with Gasteiger partial charge in [-0.05, 0) is 31.4 Å². The lowest BCUT2D eigenvalue weighted by molar-refractivity contribution is 1.63. The molecule has 0 aliphatic carbocycles. The second-order valence-electron chi connectivity index (χ2n) is 2.83. The predicted octanol–water partition coefficient (Wildman–Crippen LogP) is 2.26. The van der Waals surface area contributed by atoms with E-state index in [4.69, 9.17) is 0 Å². The molecule has 0 N–H and O–H groups in total. The van der Waals surface area contributed by atoms with Crippen molar-refractivity contribution >= 4 is 10.0 Å². The van der Waals surface area contributed by atoms with E-state index in [1.54, 1.807) is 0 Å². The van der Waals surface area contributed by atoms with E-state index in [1.165, 1.54) is 5.75 Å². The Bertz CT molecular complexity index is 76.9. The maximum Gasteiger partial charge on any atom is -0.00539 e. The Labute approximate surface area is 54.3 Å². The maximum atomic E-state index is 2.33. The Morgan fingerprint density at radius 3 is 1.88 bits per heavy atom. The summed E-state index contributed by atoms with van der Waals surface area (Å²) in [5.74, 6) is 1.27. The standard InChI is InChI=1S/C7H16S/c1-5-6-7-8(2,3)4/h5-6H,7H2,1-4H3. The minimum absolute atomic E-state index is 0.273. The van der Waals surface area contributed by atoms with Crippen LogP contribution in [0.25, 0.3) is 0 Å². The van der Waals surface area contributed by atoms with Gasteiger partial charge in [-0.3, -0.25) is 0 Å². The molecule has 0 aromatic heterocycles. The first-order valence-corrected chi connectivity index (χ1v) is 5.86. The average Bonchev–Trinajstić information content (AvgIpc) is 1.59. The molecule has 0 rings (SSSR count). The molecule has 50 valence electrons. The van der Waals surface area contributed by atoms with Crippen LogP contribution >= 0.6 is 10.0 Å². The monoisotopic (exact) mass is 132 g/mol. The van der Waals surface area contributed by atoms with Gasteiger partial charge in [0.1, 0.15) is 0 Å². The van der Waals surface area contributed by atoms with E-state index in [2.05, 4.69) is 37.8 Å². The summed E-state index contributed by atoms with van der Waals surface area (Å²) in [5.41, 5.74) is 0. The molecule has 0 spiro atoms. The van der Waals surface area contributed by atoms with Crippen molar-refractivity contribution in [3.8, 4) is 0 Å². The van der Waals surface area contributed by atoms with E-state index in [0.29, 0.717) is 0 Å². The smallest absolute Gasteiger partial charge is 0.00539 e. The van der Waals surface area contributed by atoms with Crippen LogP contribution in [0.2, 0.25) is 0 Å². The van der Waals surface area contributed by atoms with Crippen molar-refractivity contribution in [3.05, 3.63) is 12.2 Å². The van der Waals surface area contributed by atoms with E-state index in [1.807, 2.05) is 0 Å². The number of hydrogen-bond donors (Lipinski definition) is 0. The molecule has 0 aromatic carbocycles. The minimum atomic E-state index is -0.273. The fraction of sp³-hybridized carbons (Fsp3) is 0.714. The quantitative estimate of drug-likeness (QED) is 0.506. The normalized spacial score (nSPS) is 15.0. The SMILES string of the molecule is CC=CCS(C)(C)C. The third kappa shape index (κ3) is 6.09. The molecular formula is C7H16S. The summed E-state index contributed by atoms with van der Waals surface area (Å²) in [6.07, 6.45) is 11.3. The number of hydrogen-bond acceptors (Lipinski definition) is 0. The lowest BCUT2D eigenvalue weighted by atomic mass is 10.6. The molecule has 0 aliphatic heterocycles. The molecule has 0 aliphatic rings. The van der Waals surface area contributed by atoms with Crippen molar-refractivity contribution in [2.75, 3.05) is 24.5 Å². The second-order valence-corrected chi connectivity index (χ2v) is 7.34. The Kier molecular flexibility index (Phi) is 3.22. The number of rotatable bonds is 2. The van der Waals surface area contributed by atoms with Crippen molar-refractivity contribution in [3.63, 3.8) is 0 Å². The zero-order chi connectivity index (χ0) is 6.62. The lowest BCUT2D eigenvalue weighted by Crippen LogP contribution is -1.93. The van der Waals surface area contributed by atoms with Crippen molar-refractivity contribution < 1.29 is 0 Å². The summed E-state index contributed by atoms with van der Waals surface area (Å²) in [6.45, 7) is 2.07. The van der Waals surface area contributed by atoms with Crippen molar-refractivity contribution in [2.24, 2.45) is 0 Å². The van der Waals surface area contributed by atoms with Gasteiger partial charge in [0.15, 0.2) is 0 Å². The van der Waals surface area contributed by atoms with Crippen LogP contribution in [0.15, 0.2) is 12.2 Å². The molecule has 0 atom stereocenters. The zero-order valence-electron chi connectivity index (χ0n) is 6.27. The van der Waals surface area contributed by atoms with Gasteiger partial charge in [-0.25, -0.2) is 10.0 Å². The van der Waals surface area contributed by atoms with Crippen LogP contribution in [-0.4, -0.2) is 24.5 Å². The van der Waals surface area contributed by atoms with Crippen LogP contribution in [0.3, 0.4) is 0 Å². The summed E-state index contributed by atoms with van der Waals surface area (Å²) >= 11 is 0. The highest BCUT2D eigenvalue weighted by molar-refractivity contribution is 8.32. The van der Waals surface area contributed by atoms with Crippen LogP contribution in [-0.2, 0) is 0 Å². The Balaban J connectivity index is 3.39. The number of allylic oxidation sites excluding steroid dienone is 1. The molecular weight excluding hydrogens is 116 g/mol. The molecule has 8 heavy (non-hydrogen) atoms. The van der Waals surface area contributed by atoms with Crippen LogP contribution in [0.5, 0.6) is 0 Å². The molecule has 0 saturated carbocycles. The van der Waals surface area contributed by atoms with Crippen LogP contribution < -0.4 is 0 Å². The fourth-order valence-corrected chi connectivity index (χ4v) is 1.15. The summed E-state index contributed by atoms with van der Waals surface area (Å²) < 4.78 is 0. The molecule has 0 amide bonds. The van der Waals surface area contributed by atoms with E-state index < -0.39 is 0 Å². The highest BCUT2D eigenvalue weighted by Gasteiger charge is 1.97. The van der Waals surface area contributed by atoms with Gasteiger partial charge in [-0.1, -0.05) is 12.2 Å². The molecule has 0 saturated heterocycles. The van der Waals surface area contributed by atoms with Gasteiger partial charge in [-0.15, -0.1) is 0 Å². The highest BCUT2D eigenvalue weighted by Crippen LogP contribution is 2.33. The fourth-order valence-electron chi connectivity index (χ4n) is 0.385. The molecule has 0 fully saturated rings. The van der Waals surface area contributed by atoms with Crippen molar-refractivity contribution in [1.29, 1.82) is 0 Å². The van der Waals surface area contributed by atoms with Crippen molar-refractivity contribution in [2.45, 2.75) is 6.92 Å². The average molecular weight is 132 g/mol. The van der Waals surface area contributed by atoms with Gasteiger partial charge in [0.2, 0.25) is 0 Å². The van der Waals surface area contributed by atoms with E-state index in [-0.39, 0.29) is 10.0 Å². The maximum absolute atomic E-state index is 2.33. The van der Waals surface area contributed by atoms with E-state index in [0.717, 1.165) is 0 Å². The molecule has 0 bridgehead atoms. The Morgan fingerprint density at radius 2 is 1.75 bits per heavy atom. The minimum Gasteiger partial charge on any atom is -0.246 e. The van der Waals surface area contributed by atoms with Gasteiger partial charge in [0.25, 0.3) is 0 Å². The third-order valence-corrected chi connectivity index (χ3v) is 2.02. The third-order valence-electron chi connectivity index (χ3n) is 0.832. The van der Waals surface area contributed by atoms with Gasteiger partial charge in [0, 0.05) is 0 Å². The lowest BCUT2D eigenvalue weighted by Gasteiger charge is -2.22. The first kappa shape index (κ1) is 8.09.